The summed E-state index contributed by atoms with van der Waals surface area (Å²) in [6, 6.07) is 3.84. The SMILES string of the molecule is O=C(O)CC1C(=O)O[C@H]2[C@H](OC(=O)c3cc(O)c(O)c(O)c3)[C@@H](OC(=O)c3cc(O)c(O)c4c3[C@H]1[C@@H](O)C(=O)O4)[C@H](OC(=O)c1cc(O)c(O)c(O)c1)O[C@@H]2COC(=O)c1cc(O)c(O)c(O)c1. The van der Waals surface area contributed by atoms with Crippen LogP contribution in [0.2, 0.25) is 0 Å². The van der Waals surface area contributed by atoms with Crippen LogP contribution < -0.4 is 4.74 Å². The number of carboxylic acid groups (broad SMARTS) is 1. The largest absolute Gasteiger partial charge is 0.504 e. The fraction of sp³-hybridized carbons (Fsp3) is 0.244. The smallest absolute Gasteiger partial charge is 0.341 e. The lowest BCUT2D eigenvalue weighted by atomic mass is 9.76. The van der Waals surface area contributed by atoms with Crippen molar-refractivity contribution in [3.05, 3.63) is 70.3 Å². The predicted octanol–water partition coefficient (Wildman–Crippen LogP) is 0.0179. The summed E-state index contributed by atoms with van der Waals surface area (Å²) in [6.45, 7) is -1.28. The molecule has 1 unspecified atom stereocenters. The number of aliphatic hydroxyl groups is 1. The number of phenols is 11. The predicted molar refractivity (Wildman–Crippen MR) is 207 cm³/mol. The Labute approximate surface area is 375 Å². The van der Waals surface area contributed by atoms with Gasteiger partial charge in [0.2, 0.25) is 18.1 Å². The Morgan fingerprint density at radius 1 is 0.574 bits per heavy atom. The van der Waals surface area contributed by atoms with E-state index in [9.17, 15) is 99.9 Å². The molecule has 0 saturated carbocycles. The van der Waals surface area contributed by atoms with Crippen LogP contribution in [0.4, 0.5) is 0 Å². The highest BCUT2D eigenvalue weighted by atomic mass is 16.7. The summed E-state index contributed by atoms with van der Waals surface area (Å²) in [5.41, 5.74) is -4.15. The lowest BCUT2D eigenvalue weighted by Gasteiger charge is -2.44. The van der Waals surface area contributed by atoms with Gasteiger partial charge >= 0.3 is 41.8 Å². The number of esters is 6. The van der Waals surface area contributed by atoms with Gasteiger partial charge in [0.25, 0.3) is 0 Å². The molecule has 358 valence electrons. The first kappa shape index (κ1) is 46.9. The number of rotatable bonds is 9. The maximum Gasteiger partial charge on any atom is 0.341 e. The van der Waals surface area contributed by atoms with E-state index in [2.05, 4.69) is 0 Å². The molecule has 3 heterocycles. The first-order chi connectivity index (χ1) is 32.0. The van der Waals surface area contributed by atoms with Gasteiger partial charge in [0, 0.05) is 11.5 Å². The van der Waals surface area contributed by atoms with Crippen LogP contribution in [0.3, 0.4) is 0 Å². The van der Waals surface area contributed by atoms with E-state index in [1.54, 1.807) is 0 Å². The zero-order valence-corrected chi connectivity index (χ0v) is 33.6. The molecule has 3 aliphatic rings. The number of ether oxygens (including phenoxy) is 7. The van der Waals surface area contributed by atoms with Crippen LogP contribution in [-0.4, -0.2) is 152 Å². The number of hydrogen-bond acceptors (Lipinski definition) is 26. The Bertz CT molecular complexity index is 2750. The number of aromatic hydroxyl groups is 11. The fourth-order valence-corrected chi connectivity index (χ4v) is 7.37. The summed E-state index contributed by atoms with van der Waals surface area (Å²) >= 11 is 0. The van der Waals surface area contributed by atoms with Gasteiger partial charge in [-0.3, -0.25) is 9.59 Å². The molecule has 1 fully saturated rings. The average Bonchev–Trinajstić information content (AvgIpc) is 3.28. The van der Waals surface area contributed by atoms with Crippen LogP contribution in [0.1, 0.15) is 59.3 Å². The molecule has 4 aromatic carbocycles. The second kappa shape index (κ2) is 17.7. The second-order valence-electron chi connectivity index (χ2n) is 14.9. The van der Waals surface area contributed by atoms with E-state index in [1.807, 2.05) is 0 Å². The van der Waals surface area contributed by atoms with Crippen molar-refractivity contribution in [1.29, 1.82) is 0 Å². The van der Waals surface area contributed by atoms with E-state index >= 15 is 0 Å². The number of fused-ring (bicyclic) bond motifs is 2. The maximum absolute atomic E-state index is 14.5. The number of benzene rings is 4. The van der Waals surface area contributed by atoms with Crippen molar-refractivity contribution in [3.8, 4) is 69.0 Å². The molecule has 68 heavy (non-hydrogen) atoms. The Balaban J connectivity index is 1.44. The van der Waals surface area contributed by atoms with Crippen molar-refractivity contribution in [2.75, 3.05) is 6.61 Å². The van der Waals surface area contributed by atoms with E-state index in [0.29, 0.717) is 42.5 Å². The van der Waals surface area contributed by atoms with Gasteiger partial charge in [-0.05, 0) is 42.5 Å². The fourth-order valence-electron chi connectivity index (χ4n) is 7.37. The molecular formula is C41H32O27. The molecule has 0 aromatic heterocycles. The zero-order chi connectivity index (χ0) is 49.8. The molecule has 4 aromatic rings. The standard InChI is InChI=1S/C41H32O27/c42-15-1-10(2-16(43)26(15)51)35(56)62-9-22-31-33(66-36(57)11-3-17(44)27(52)18(45)4-11)34(41(63-22)68-37(58)12-5-19(46)28(53)20(47)6-12)67-38(59)13-7-21(48)29(54)32-25(13)24(30(55)40(61)65-32)14(8-23(49)50)39(60)64-31/h1-7,14,22,24,30-31,33-34,41-48,51-55H,8-9H2,(H,49,50)/t14?,22-,24+,30-,31-,33+,34-,41+/m1/s1. The molecule has 2 bridgehead atoms. The molecule has 8 atom stereocenters. The van der Waals surface area contributed by atoms with Crippen molar-refractivity contribution < 1.29 is 133 Å². The molecule has 0 radical (unpaired) electrons. The molecule has 3 aliphatic heterocycles. The molecule has 27 nitrogen and oxygen atoms in total. The number of aliphatic hydroxyl groups excluding tert-OH is 1. The van der Waals surface area contributed by atoms with E-state index in [1.165, 1.54) is 0 Å². The van der Waals surface area contributed by atoms with Gasteiger partial charge in [-0.1, -0.05) is 0 Å². The summed E-state index contributed by atoms with van der Waals surface area (Å²) in [4.78, 5) is 95.4. The molecule has 0 spiro atoms. The van der Waals surface area contributed by atoms with Gasteiger partial charge in [0.15, 0.2) is 81.6 Å². The van der Waals surface area contributed by atoms with Gasteiger partial charge in [-0.15, -0.1) is 0 Å². The van der Waals surface area contributed by atoms with E-state index < -0.39 is 200 Å². The monoisotopic (exact) mass is 956 g/mol. The minimum absolute atomic E-state index is 0.449. The molecule has 1 saturated heterocycles. The van der Waals surface area contributed by atoms with Crippen molar-refractivity contribution in [2.24, 2.45) is 5.92 Å². The van der Waals surface area contributed by atoms with Crippen LogP contribution in [-0.2, 0) is 42.8 Å². The minimum atomic E-state index is -2.57. The molecular weight excluding hydrogens is 924 g/mol. The highest BCUT2D eigenvalue weighted by molar-refractivity contribution is 5.98. The lowest BCUT2D eigenvalue weighted by Crippen LogP contribution is -2.63. The van der Waals surface area contributed by atoms with Gasteiger partial charge < -0.3 is 99.5 Å². The van der Waals surface area contributed by atoms with Crippen LogP contribution in [0.15, 0.2) is 42.5 Å². The summed E-state index contributed by atoms with van der Waals surface area (Å²) in [7, 11) is 0. The highest BCUT2D eigenvalue weighted by Gasteiger charge is 2.57. The Kier molecular flexibility index (Phi) is 12.2. The summed E-state index contributed by atoms with van der Waals surface area (Å²) in [6.07, 6.45) is -16.3. The van der Waals surface area contributed by atoms with Crippen LogP contribution >= 0.6 is 0 Å². The number of hydrogen-bond donors (Lipinski definition) is 13. The van der Waals surface area contributed by atoms with Crippen LogP contribution in [0.5, 0.6) is 69.0 Å². The lowest BCUT2D eigenvalue weighted by molar-refractivity contribution is -0.287. The van der Waals surface area contributed by atoms with Gasteiger partial charge in [-0.25, -0.2) is 24.0 Å². The summed E-state index contributed by atoms with van der Waals surface area (Å²) < 4.78 is 38.6. The topological polar surface area (TPSA) is 447 Å². The molecule has 13 N–H and O–H groups in total. The third-order valence-corrected chi connectivity index (χ3v) is 10.6. The van der Waals surface area contributed by atoms with Crippen LogP contribution in [0, 0.1) is 5.92 Å². The first-order valence-corrected chi connectivity index (χ1v) is 19.1. The van der Waals surface area contributed by atoms with Crippen molar-refractivity contribution in [3.63, 3.8) is 0 Å². The Morgan fingerprint density at radius 3 is 1.54 bits per heavy atom. The Morgan fingerprint density at radius 2 is 1.04 bits per heavy atom. The van der Waals surface area contributed by atoms with E-state index in [-0.39, 0.29) is 0 Å². The first-order valence-electron chi connectivity index (χ1n) is 19.1. The molecule has 0 amide bonds. The average molecular weight is 957 g/mol. The number of carbonyl (C=O) groups is 7. The van der Waals surface area contributed by atoms with Gasteiger partial charge in [0.1, 0.15) is 12.7 Å². The highest BCUT2D eigenvalue weighted by Crippen LogP contribution is 2.51. The van der Waals surface area contributed by atoms with Crippen molar-refractivity contribution >= 4 is 41.8 Å². The van der Waals surface area contributed by atoms with Crippen molar-refractivity contribution in [2.45, 2.75) is 49.1 Å². The minimum Gasteiger partial charge on any atom is -0.504 e. The van der Waals surface area contributed by atoms with E-state index in [4.69, 9.17) is 33.2 Å². The van der Waals surface area contributed by atoms with Gasteiger partial charge in [0.05, 0.1) is 34.6 Å². The third kappa shape index (κ3) is 8.58. The summed E-state index contributed by atoms with van der Waals surface area (Å²) in [5.74, 6) is -29.8. The number of carboxylic acids is 1. The zero-order valence-electron chi connectivity index (χ0n) is 33.6. The quantitative estimate of drug-likeness (QED) is 0.0455. The second-order valence-corrected chi connectivity index (χ2v) is 14.9. The number of carbonyl (C=O) groups excluding carboxylic acids is 6. The van der Waals surface area contributed by atoms with Crippen LogP contribution in [0.25, 0.3) is 0 Å². The number of phenolic OH excluding ortho intramolecular Hbond substituents is 11. The Hall–Kier alpha value is -9.11. The van der Waals surface area contributed by atoms with Crippen molar-refractivity contribution in [1.82, 2.24) is 0 Å². The molecule has 7 rings (SSSR count). The summed E-state index contributed by atoms with van der Waals surface area (Å²) in [5, 5.41) is 133. The van der Waals surface area contributed by atoms with Gasteiger partial charge in [-0.2, -0.15) is 0 Å². The normalized spacial score (nSPS) is 23.0. The molecule has 0 aliphatic carbocycles. The van der Waals surface area contributed by atoms with E-state index in [0.717, 1.165) is 0 Å². The third-order valence-electron chi connectivity index (χ3n) is 10.6. The number of aliphatic carboxylic acids is 1. The molecule has 27 heteroatoms. The maximum atomic E-state index is 14.5.